The van der Waals surface area contributed by atoms with E-state index in [1.165, 1.54) is 7.11 Å². The van der Waals surface area contributed by atoms with Crippen LogP contribution in [0.25, 0.3) is 5.69 Å². The third-order valence-corrected chi connectivity index (χ3v) is 4.89. The summed E-state index contributed by atoms with van der Waals surface area (Å²) in [6.45, 7) is 2.28. The molecule has 144 valence electrons. The summed E-state index contributed by atoms with van der Waals surface area (Å²) >= 11 is 0. The van der Waals surface area contributed by atoms with Crippen molar-refractivity contribution in [2.24, 2.45) is 0 Å². The van der Waals surface area contributed by atoms with Gasteiger partial charge in [-0.25, -0.2) is 9.48 Å². The molecule has 1 aromatic heterocycles. The Morgan fingerprint density at radius 2 is 1.96 bits per heavy atom. The number of nitrogens with zero attached hydrogens (tertiary/aromatic N) is 2. The van der Waals surface area contributed by atoms with Gasteiger partial charge >= 0.3 is 5.97 Å². The average molecular weight is 371 g/mol. The number of nitrogens with one attached hydrogen (secondary N) is 1. The number of aryl methyl sites for hydroxylation is 1. The average Bonchev–Trinajstić information content (AvgIpc) is 3.05. The fraction of sp³-hybridized carbons (Fsp3) is 0.450. The molecule has 2 aromatic rings. The molecule has 0 saturated heterocycles. The van der Waals surface area contributed by atoms with E-state index in [-0.39, 0.29) is 13.0 Å². The molecule has 1 amide bonds. The van der Waals surface area contributed by atoms with Gasteiger partial charge in [0.15, 0.2) is 5.69 Å². The van der Waals surface area contributed by atoms with Gasteiger partial charge in [0.2, 0.25) is 0 Å². The second-order valence-electron chi connectivity index (χ2n) is 6.87. The molecule has 1 unspecified atom stereocenters. The first-order valence-corrected chi connectivity index (χ1v) is 9.21. The smallest absolute Gasteiger partial charge is 0.326 e. The number of carboxylic acid groups (broad SMARTS) is 1. The Morgan fingerprint density at radius 1 is 1.26 bits per heavy atom. The molecule has 27 heavy (non-hydrogen) atoms. The van der Waals surface area contributed by atoms with Crippen molar-refractivity contribution in [1.29, 1.82) is 0 Å². The van der Waals surface area contributed by atoms with Crippen LogP contribution in [0.3, 0.4) is 0 Å². The van der Waals surface area contributed by atoms with Crippen molar-refractivity contribution in [2.45, 2.75) is 45.1 Å². The number of carboxylic acids is 1. The van der Waals surface area contributed by atoms with Crippen molar-refractivity contribution in [3.8, 4) is 5.69 Å². The van der Waals surface area contributed by atoms with Crippen molar-refractivity contribution in [1.82, 2.24) is 15.1 Å². The topological polar surface area (TPSA) is 93.5 Å². The minimum atomic E-state index is -1.08. The highest BCUT2D eigenvalue weighted by Crippen LogP contribution is 2.27. The Morgan fingerprint density at radius 3 is 2.63 bits per heavy atom. The normalized spacial score (nSPS) is 14.4. The number of fused-ring (bicyclic) bond motifs is 1. The molecule has 3 rings (SSSR count). The van der Waals surface area contributed by atoms with Crippen LogP contribution in [0.2, 0.25) is 0 Å². The Labute approximate surface area is 158 Å². The number of amides is 1. The fourth-order valence-corrected chi connectivity index (χ4v) is 3.40. The minimum Gasteiger partial charge on any atom is -0.480 e. The maximum atomic E-state index is 12.8. The van der Waals surface area contributed by atoms with Crippen molar-refractivity contribution < 1.29 is 19.4 Å². The molecule has 7 heteroatoms. The summed E-state index contributed by atoms with van der Waals surface area (Å²) in [7, 11) is 1.50. The first-order chi connectivity index (χ1) is 13.0. The Bertz CT molecular complexity index is 826. The molecule has 0 spiro atoms. The van der Waals surface area contributed by atoms with Crippen molar-refractivity contribution in [3.05, 3.63) is 46.8 Å². The number of rotatable bonds is 7. The standard InChI is InChI=1S/C20H25N3O4/c1-13-7-9-14(10-8-13)23-17-6-4-3-5-15(17)18(22-23)19(24)21-16(20(25)26)11-12-27-2/h7-10,16H,3-6,11-12H2,1-2H3,(H,21,24)(H,25,26). The molecule has 7 nitrogen and oxygen atoms in total. The predicted octanol–water partition coefficient (Wildman–Crippen LogP) is 2.28. The molecule has 1 aliphatic rings. The van der Waals surface area contributed by atoms with Gasteiger partial charge in [-0.3, -0.25) is 4.79 Å². The van der Waals surface area contributed by atoms with Gasteiger partial charge in [-0.2, -0.15) is 5.10 Å². The number of carbonyl (C=O) groups is 2. The molecule has 1 aliphatic carbocycles. The Kier molecular flexibility index (Phi) is 5.91. The number of ether oxygens (including phenoxy) is 1. The van der Waals surface area contributed by atoms with E-state index in [9.17, 15) is 14.7 Å². The second-order valence-corrected chi connectivity index (χ2v) is 6.87. The SMILES string of the molecule is COCCC(NC(=O)c1nn(-c2ccc(C)cc2)c2c1CCCC2)C(=O)O. The van der Waals surface area contributed by atoms with Gasteiger partial charge in [0.25, 0.3) is 5.91 Å². The largest absolute Gasteiger partial charge is 0.480 e. The fourth-order valence-electron chi connectivity index (χ4n) is 3.40. The van der Waals surface area contributed by atoms with Crippen LogP contribution >= 0.6 is 0 Å². The highest BCUT2D eigenvalue weighted by atomic mass is 16.5. The van der Waals surface area contributed by atoms with E-state index in [1.807, 2.05) is 35.9 Å². The minimum absolute atomic E-state index is 0.207. The number of methoxy groups -OCH3 is 1. The maximum absolute atomic E-state index is 12.8. The summed E-state index contributed by atoms with van der Waals surface area (Å²) in [5.74, 6) is -1.52. The van der Waals surface area contributed by atoms with Gasteiger partial charge in [-0.15, -0.1) is 0 Å². The van der Waals surface area contributed by atoms with E-state index in [0.29, 0.717) is 5.69 Å². The van der Waals surface area contributed by atoms with Crippen LogP contribution in [0.4, 0.5) is 0 Å². The van der Waals surface area contributed by atoms with E-state index in [1.54, 1.807) is 0 Å². The molecule has 1 atom stereocenters. The molecule has 1 heterocycles. The molecule has 0 saturated carbocycles. The predicted molar refractivity (Wildman–Crippen MR) is 100 cm³/mol. The molecule has 2 N–H and O–H groups in total. The summed E-state index contributed by atoms with van der Waals surface area (Å²) < 4.78 is 6.76. The van der Waals surface area contributed by atoms with Gasteiger partial charge in [-0.05, 0) is 44.7 Å². The van der Waals surface area contributed by atoms with Crippen LogP contribution in [-0.4, -0.2) is 46.5 Å². The number of aliphatic carboxylic acids is 1. The lowest BCUT2D eigenvalue weighted by atomic mass is 9.95. The molecule has 0 radical (unpaired) electrons. The number of hydrogen-bond donors (Lipinski definition) is 2. The third kappa shape index (κ3) is 4.19. The van der Waals surface area contributed by atoms with Crippen molar-refractivity contribution in [3.63, 3.8) is 0 Å². The molecule has 0 aliphatic heterocycles. The van der Waals surface area contributed by atoms with Crippen molar-refractivity contribution in [2.75, 3.05) is 13.7 Å². The lowest BCUT2D eigenvalue weighted by Crippen LogP contribution is -2.42. The molecular weight excluding hydrogens is 346 g/mol. The number of benzene rings is 1. The number of carbonyl (C=O) groups excluding carboxylic acids is 1. The highest BCUT2D eigenvalue weighted by Gasteiger charge is 2.28. The van der Waals surface area contributed by atoms with Gasteiger partial charge in [0.1, 0.15) is 6.04 Å². The summed E-state index contributed by atoms with van der Waals surface area (Å²) in [4.78, 5) is 24.2. The lowest BCUT2D eigenvalue weighted by molar-refractivity contribution is -0.139. The Hall–Kier alpha value is -2.67. The zero-order valence-electron chi connectivity index (χ0n) is 15.7. The monoisotopic (exact) mass is 371 g/mol. The van der Waals surface area contributed by atoms with Crippen molar-refractivity contribution >= 4 is 11.9 Å². The van der Waals surface area contributed by atoms with Gasteiger partial charge < -0.3 is 15.2 Å². The third-order valence-electron chi connectivity index (χ3n) is 4.89. The summed E-state index contributed by atoms with van der Waals surface area (Å²) in [5, 5.41) is 16.5. The van der Waals surface area contributed by atoms with E-state index in [0.717, 1.165) is 48.2 Å². The van der Waals surface area contributed by atoms with Crippen LogP contribution < -0.4 is 5.32 Å². The van der Waals surface area contributed by atoms with Crippen LogP contribution in [-0.2, 0) is 22.4 Å². The van der Waals surface area contributed by atoms with Crippen LogP contribution in [0.15, 0.2) is 24.3 Å². The summed E-state index contributed by atoms with van der Waals surface area (Å²) in [5.41, 5.74) is 4.36. The van der Waals surface area contributed by atoms with Gasteiger partial charge in [0, 0.05) is 31.4 Å². The van der Waals surface area contributed by atoms with Gasteiger partial charge in [-0.1, -0.05) is 17.7 Å². The number of hydrogen-bond acceptors (Lipinski definition) is 4. The molecular formula is C20H25N3O4. The van der Waals surface area contributed by atoms with Crippen LogP contribution in [0.5, 0.6) is 0 Å². The highest BCUT2D eigenvalue weighted by molar-refractivity contribution is 5.96. The van der Waals surface area contributed by atoms with Crippen LogP contribution in [0, 0.1) is 6.92 Å². The zero-order valence-corrected chi connectivity index (χ0v) is 15.7. The van der Waals surface area contributed by atoms with E-state index < -0.39 is 17.9 Å². The second kappa shape index (κ2) is 8.35. The first-order valence-electron chi connectivity index (χ1n) is 9.21. The quantitative estimate of drug-likeness (QED) is 0.779. The Balaban J connectivity index is 1.92. The zero-order chi connectivity index (χ0) is 19.4. The maximum Gasteiger partial charge on any atom is 0.326 e. The van der Waals surface area contributed by atoms with Crippen LogP contribution in [0.1, 0.15) is 46.6 Å². The number of aromatic nitrogens is 2. The van der Waals surface area contributed by atoms with E-state index in [4.69, 9.17) is 4.74 Å². The summed E-state index contributed by atoms with van der Waals surface area (Å²) in [6.07, 6.45) is 3.89. The molecule has 0 fully saturated rings. The first kappa shape index (κ1) is 19.1. The molecule has 1 aromatic carbocycles. The van der Waals surface area contributed by atoms with Gasteiger partial charge in [0.05, 0.1) is 5.69 Å². The summed E-state index contributed by atoms with van der Waals surface area (Å²) in [6, 6.07) is 6.99. The van der Waals surface area contributed by atoms with E-state index in [2.05, 4.69) is 10.4 Å². The lowest BCUT2D eigenvalue weighted by Gasteiger charge is -2.15. The molecule has 0 bridgehead atoms. The van der Waals surface area contributed by atoms with E-state index >= 15 is 0 Å².